The third-order valence-electron chi connectivity index (χ3n) is 6.78. The zero-order valence-electron chi connectivity index (χ0n) is 16.6. The van der Waals surface area contributed by atoms with Crippen LogP contribution in [0.4, 0.5) is 0 Å². The third kappa shape index (κ3) is 2.74. The van der Waals surface area contributed by atoms with Gasteiger partial charge in [0.05, 0.1) is 22.9 Å². The highest BCUT2D eigenvalue weighted by atomic mass is 16.3. The molecule has 3 aromatic rings. The SMILES string of the molecule is Cc1nn(C)c2nc(-c3ccco3)cc(C(=O)N[C@@H](C)[C@@H]3C[C@H]4CC[C@H]3C4)c12. The van der Waals surface area contributed by atoms with Crippen molar-refractivity contribution in [1.82, 2.24) is 20.1 Å². The summed E-state index contributed by atoms with van der Waals surface area (Å²) in [6.45, 7) is 4.08. The third-order valence-corrected chi connectivity index (χ3v) is 6.78. The molecule has 6 heteroatoms. The van der Waals surface area contributed by atoms with Gasteiger partial charge in [0.15, 0.2) is 11.4 Å². The van der Waals surface area contributed by atoms with Crippen molar-refractivity contribution in [3.05, 3.63) is 35.7 Å². The fourth-order valence-electron chi connectivity index (χ4n) is 5.47. The molecule has 0 spiro atoms. The Kier molecular flexibility index (Phi) is 4.03. The maximum atomic E-state index is 13.3. The second-order valence-corrected chi connectivity index (χ2v) is 8.54. The number of carbonyl (C=O) groups excluding carboxylic acids is 1. The van der Waals surface area contributed by atoms with Crippen LogP contribution in [0.25, 0.3) is 22.5 Å². The number of pyridine rings is 1. The molecule has 4 atom stereocenters. The molecule has 0 saturated heterocycles. The first kappa shape index (κ1) is 17.5. The fraction of sp³-hybridized carbons (Fsp3) is 0.500. The molecule has 0 unspecified atom stereocenters. The van der Waals surface area contributed by atoms with Crippen LogP contribution in [0.1, 0.15) is 48.7 Å². The van der Waals surface area contributed by atoms with Gasteiger partial charge in [-0.2, -0.15) is 5.10 Å². The normalized spacial score (nSPS) is 24.8. The molecule has 0 aromatic carbocycles. The van der Waals surface area contributed by atoms with Crippen LogP contribution in [0, 0.1) is 24.7 Å². The lowest BCUT2D eigenvalue weighted by atomic mass is 9.84. The first-order valence-electron chi connectivity index (χ1n) is 10.2. The van der Waals surface area contributed by atoms with Crippen LogP contribution in [0.5, 0.6) is 0 Å². The van der Waals surface area contributed by atoms with Crippen LogP contribution >= 0.6 is 0 Å². The lowest BCUT2D eigenvalue weighted by Crippen LogP contribution is -2.40. The van der Waals surface area contributed by atoms with Crippen molar-refractivity contribution in [3.63, 3.8) is 0 Å². The zero-order chi connectivity index (χ0) is 19.4. The van der Waals surface area contributed by atoms with E-state index in [1.807, 2.05) is 32.2 Å². The molecular formula is C22H26N4O2. The lowest BCUT2D eigenvalue weighted by Gasteiger charge is -2.28. The van der Waals surface area contributed by atoms with E-state index in [1.54, 1.807) is 10.9 Å². The number of nitrogens with one attached hydrogen (secondary N) is 1. The Labute approximate surface area is 164 Å². The minimum atomic E-state index is -0.0495. The van der Waals surface area contributed by atoms with Gasteiger partial charge in [-0.1, -0.05) is 6.42 Å². The largest absolute Gasteiger partial charge is 0.463 e. The van der Waals surface area contributed by atoms with Gasteiger partial charge >= 0.3 is 0 Å². The Morgan fingerprint density at radius 2 is 2.21 bits per heavy atom. The molecule has 146 valence electrons. The highest BCUT2D eigenvalue weighted by Crippen LogP contribution is 2.49. The molecule has 2 fully saturated rings. The van der Waals surface area contributed by atoms with Crippen molar-refractivity contribution < 1.29 is 9.21 Å². The topological polar surface area (TPSA) is 73.0 Å². The second-order valence-electron chi connectivity index (χ2n) is 8.54. The van der Waals surface area contributed by atoms with Crippen LogP contribution in [0.3, 0.4) is 0 Å². The van der Waals surface area contributed by atoms with Crippen molar-refractivity contribution in [2.24, 2.45) is 24.8 Å². The number of amides is 1. The van der Waals surface area contributed by atoms with E-state index < -0.39 is 0 Å². The summed E-state index contributed by atoms with van der Waals surface area (Å²) in [4.78, 5) is 18.0. The standard InChI is InChI=1S/C22H26N4O2/c1-12(16-10-14-6-7-15(16)9-14)23-22(27)17-11-18(19-5-4-8-28-19)24-21-20(17)13(2)25-26(21)3/h4-5,8,11-12,14-16H,6-7,9-10H2,1-3H3,(H,23,27)/t12-,14-,15-,16-/m0/s1. The molecule has 1 N–H and O–H groups in total. The van der Waals surface area contributed by atoms with Gasteiger partial charge in [0.25, 0.3) is 5.91 Å². The molecule has 5 rings (SSSR count). The quantitative estimate of drug-likeness (QED) is 0.742. The van der Waals surface area contributed by atoms with Gasteiger partial charge in [0.2, 0.25) is 0 Å². The van der Waals surface area contributed by atoms with E-state index in [0.29, 0.717) is 28.6 Å². The van der Waals surface area contributed by atoms with Crippen molar-refractivity contribution in [1.29, 1.82) is 0 Å². The Bertz CT molecular complexity index is 1040. The van der Waals surface area contributed by atoms with Crippen molar-refractivity contribution in [3.8, 4) is 11.5 Å². The van der Waals surface area contributed by atoms with Gasteiger partial charge in [0, 0.05) is 13.1 Å². The smallest absolute Gasteiger partial charge is 0.252 e. The minimum absolute atomic E-state index is 0.0495. The first-order chi connectivity index (χ1) is 13.5. The van der Waals surface area contributed by atoms with E-state index in [4.69, 9.17) is 9.40 Å². The van der Waals surface area contributed by atoms with Gasteiger partial charge in [-0.25, -0.2) is 4.98 Å². The van der Waals surface area contributed by atoms with Crippen molar-refractivity contribution in [2.75, 3.05) is 0 Å². The first-order valence-corrected chi connectivity index (χ1v) is 10.2. The van der Waals surface area contributed by atoms with E-state index in [2.05, 4.69) is 17.3 Å². The van der Waals surface area contributed by atoms with E-state index >= 15 is 0 Å². The summed E-state index contributed by atoms with van der Waals surface area (Å²) in [7, 11) is 1.85. The average Bonchev–Trinajstić information content (AvgIpc) is 3.46. The fourth-order valence-corrected chi connectivity index (χ4v) is 5.47. The molecular weight excluding hydrogens is 352 g/mol. The Balaban J connectivity index is 1.51. The van der Waals surface area contributed by atoms with Gasteiger partial charge in [0.1, 0.15) is 5.69 Å². The predicted molar refractivity (Wildman–Crippen MR) is 107 cm³/mol. The van der Waals surface area contributed by atoms with Gasteiger partial charge in [-0.3, -0.25) is 9.48 Å². The molecule has 3 heterocycles. The Hall–Kier alpha value is -2.63. The van der Waals surface area contributed by atoms with Crippen LogP contribution in [-0.2, 0) is 7.05 Å². The van der Waals surface area contributed by atoms with Crippen LogP contribution < -0.4 is 5.32 Å². The maximum Gasteiger partial charge on any atom is 0.252 e. The zero-order valence-corrected chi connectivity index (χ0v) is 16.6. The van der Waals surface area contributed by atoms with E-state index in [1.165, 1.54) is 25.7 Å². The molecule has 2 aliphatic rings. The predicted octanol–water partition coefficient (Wildman–Crippen LogP) is 4.09. The van der Waals surface area contributed by atoms with Crippen LogP contribution in [0.15, 0.2) is 28.9 Å². The van der Waals surface area contributed by atoms with Gasteiger partial charge in [-0.05, 0) is 69.1 Å². The Morgan fingerprint density at radius 3 is 2.89 bits per heavy atom. The number of furan rings is 1. The molecule has 3 aromatic heterocycles. The highest BCUT2D eigenvalue weighted by molar-refractivity contribution is 6.07. The summed E-state index contributed by atoms with van der Waals surface area (Å²) in [6.07, 6.45) is 6.90. The van der Waals surface area contributed by atoms with Crippen molar-refractivity contribution in [2.45, 2.75) is 45.6 Å². The molecule has 0 radical (unpaired) electrons. The van der Waals surface area contributed by atoms with E-state index in [-0.39, 0.29) is 11.9 Å². The van der Waals surface area contributed by atoms with Gasteiger partial charge < -0.3 is 9.73 Å². The number of nitrogens with zero attached hydrogens (tertiary/aromatic N) is 3. The number of carbonyl (C=O) groups is 1. The average molecular weight is 378 g/mol. The monoisotopic (exact) mass is 378 g/mol. The summed E-state index contributed by atoms with van der Waals surface area (Å²) >= 11 is 0. The van der Waals surface area contributed by atoms with Crippen LogP contribution in [0.2, 0.25) is 0 Å². The number of hydrogen-bond acceptors (Lipinski definition) is 4. The summed E-state index contributed by atoms with van der Waals surface area (Å²) in [5.41, 5.74) is 2.79. The molecule has 2 aliphatic carbocycles. The van der Waals surface area contributed by atoms with Crippen LogP contribution in [-0.4, -0.2) is 26.7 Å². The molecule has 28 heavy (non-hydrogen) atoms. The van der Waals surface area contributed by atoms with Gasteiger partial charge in [-0.15, -0.1) is 0 Å². The lowest BCUT2D eigenvalue weighted by molar-refractivity contribution is 0.0917. The molecule has 0 aliphatic heterocycles. The number of aromatic nitrogens is 3. The second kappa shape index (κ2) is 6.47. The summed E-state index contributed by atoms with van der Waals surface area (Å²) in [5.74, 6) is 2.84. The van der Waals surface area contributed by atoms with Crippen molar-refractivity contribution >= 4 is 16.9 Å². The highest BCUT2D eigenvalue weighted by Gasteiger charge is 2.42. The summed E-state index contributed by atoms with van der Waals surface area (Å²) < 4.78 is 7.25. The molecule has 1 amide bonds. The maximum absolute atomic E-state index is 13.3. The molecule has 6 nitrogen and oxygen atoms in total. The number of rotatable bonds is 4. The molecule has 2 bridgehead atoms. The minimum Gasteiger partial charge on any atom is -0.463 e. The summed E-state index contributed by atoms with van der Waals surface area (Å²) in [6, 6.07) is 5.69. The van der Waals surface area contributed by atoms with E-state index in [9.17, 15) is 4.79 Å². The Morgan fingerprint density at radius 1 is 1.36 bits per heavy atom. The number of hydrogen-bond donors (Lipinski definition) is 1. The van der Waals surface area contributed by atoms with E-state index in [0.717, 1.165) is 22.9 Å². The number of fused-ring (bicyclic) bond motifs is 3. The number of aryl methyl sites for hydroxylation is 2. The summed E-state index contributed by atoms with van der Waals surface area (Å²) in [5, 5.41) is 8.59. The molecule has 2 saturated carbocycles.